The third-order valence-electron chi connectivity index (χ3n) is 2.94. The van der Waals surface area contributed by atoms with E-state index in [2.05, 4.69) is 10.6 Å². The fourth-order valence-corrected chi connectivity index (χ4v) is 2.08. The van der Waals surface area contributed by atoms with Crippen LogP contribution in [0, 0.1) is 6.92 Å². The molecule has 2 aromatic rings. The second-order valence-electron chi connectivity index (χ2n) is 4.65. The summed E-state index contributed by atoms with van der Waals surface area (Å²) >= 11 is 6.07. The average molecular weight is 293 g/mol. The Kier molecular flexibility index (Phi) is 4.82. The van der Waals surface area contributed by atoms with Gasteiger partial charge in [0, 0.05) is 0 Å². The van der Waals surface area contributed by atoms with Crippen molar-refractivity contribution in [3.63, 3.8) is 0 Å². The first kappa shape index (κ1) is 14.6. The van der Waals surface area contributed by atoms with Gasteiger partial charge in [0.25, 0.3) is 0 Å². The summed E-state index contributed by atoms with van der Waals surface area (Å²) < 4.78 is 5.26. The van der Waals surface area contributed by atoms with Gasteiger partial charge in [-0.05, 0) is 43.7 Å². The van der Waals surface area contributed by atoms with Gasteiger partial charge >= 0.3 is 0 Å². The van der Waals surface area contributed by atoms with Gasteiger partial charge < -0.3 is 9.73 Å². The highest BCUT2D eigenvalue weighted by Gasteiger charge is 2.10. The molecule has 0 aliphatic carbocycles. The van der Waals surface area contributed by atoms with Gasteiger partial charge in [-0.1, -0.05) is 17.7 Å². The Bertz CT molecular complexity index is 582. The highest BCUT2D eigenvalue weighted by Crippen LogP contribution is 2.22. The number of anilines is 1. The number of benzene rings is 1. The Morgan fingerprint density at radius 2 is 2.20 bits per heavy atom. The molecule has 0 unspecified atom stereocenters. The first-order chi connectivity index (χ1) is 9.56. The molecule has 0 aliphatic rings. The van der Waals surface area contributed by atoms with Crippen molar-refractivity contribution in [1.29, 1.82) is 0 Å². The van der Waals surface area contributed by atoms with Crippen LogP contribution in [0.2, 0.25) is 5.02 Å². The standard InChI is InChI=1S/C15H17ClN2O2/c1-10-5-6-13(12(16)8-10)18-15(19)9-17-11(2)14-4-3-7-20-14/h3-8,11,17H,9H2,1-2H3,(H,18,19)/t11-/m1/s1. The lowest BCUT2D eigenvalue weighted by atomic mass is 10.2. The van der Waals surface area contributed by atoms with Gasteiger partial charge in [-0.3, -0.25) is 10.1 Å². The molecule has 4 nitrogen and oxygen atoms in total. The molecule has 1 atom stereocenters. The number of hydrogen-bond donors (Lipinski definition) is 2. The molecule has 0 saturated carbocycles. The summed E-state index contributed by atoms with van der Waals surface area (Å²) in [4.78, 5) is 11.9. The van der Waals surface area contributed by atoms with E-state index in [1.807, 2.05) is 38.1 Å². The molecular weight excluding hydrogens is 276 g/mol. The van der Waals surface area contributed by atoms with Gasteiger partial charge in [-0.15, -0.1) is 0 Å². The van der Waals surface area contributed by atoms with Crippen molar-refractivity contribution >= 4 is 23.2 Å². The summed E-state index contributed by atoms with van der Waals surface area (Å²) in [6.45, 7) is 4.07. The summed E-state index contributed by atoms with van der Waals surface area (Å²) in [7, 11) is 0. The molecule has 20 heavy (non-hydrogen) atoms. The van der Waals surface area contributed by atoms with Gasteiger partial charge in [0.15, 0.2) is 0 Å². The number of carbonyl (C=O) groups is 1. The maximum absolute atomic E-state index is 11.9. The second kappa shape index (κ2) is 6.59. The summed E-state index contributed by atoms with van der Waals surface area (Å²) in [5.74, 6) is 0.653. The molecule has 0 fully saturated rings. The molecule has 5 heteroatoms. The lowest BCUT2D eigenvalue weighted by Gasteiger charge is -2.12. The molecule has 1 aromatic carbocycles. The third-order valence-corrected chi connectivity index (χ3v) is 3.25. The third kappa shape index (κ3) is 3.85. The van der Waals surface area contributed by atoms with Crippen molar-refractivity contribution in [2.45, 2.75) is 19.9 Å². The van der Waals surface area contributed by atoms with Crippen LogP contribution >= 0.6 is 11.6 Å². The Morgan fingerprint density at radius 3 is 2.85 bits per heavy atom. The quantitative estimate of drug-likeness (QED) is 0.886. The van der Waals surface area contributed by atoms with E-state index in [9.17, 15) is 4.79 Å². The first-order valence-electron chi connectivity index (χ1n) is 6.39. The van der Waals surface area contributed by atoms with Gasteiger partial charge in [0.2, 0.25) is 5.91 Å². The van der Waals surface area contributed by atoms with Crippen LogP contribution in [0.1, 0.15) is 24.3 Å². The highest BCUT2D eigenvalue weighted by molar-refractivity contribution is 6.33. The molecule has 0 bridgehead atoms. The van der Waals surface area contributed by atoms with E-state index in [-0.39, 0.29) is 18.5 Å². The molecule has 1 aromatic heterocycles. The largest absolute Gasteiger partial charge is 0.468 e. The zero-order chi connectivity index (χ0) is 14.5. The van der Waals surface area contributed by atoms with Crippen LogP contribution in [0.15, 0.2) is 41.0 Å². The molecule has 0 spiro atoms. The minimum atomic E-state index is -0.144. The number of halogens is 1. The molecule has 1 heterocycles. The summed E-state index contributed by atoms with van der Waals surface area (Å²) in [6.07, 6.45) is 1.61. The monoisotopic (exact) mass is 292 g/mol. The Morgan fingerprint density at radius 1 is 1.40 bits per heavy atom. The minimum Gasteiger partial charge on any atom is -0.468 e. The minimum absolute atomic E-state index is 0.0239. The maximum Gasteiger partial charge on any atom is 0.238 e. The number of rotatable bonds is 5. The summed E-state index contributed by atoms with van der Waals surface area (Å²) in [6, 6.07) is 9.18. The van der Waals surface area contributed by atoms with E-state index in [1.54, 1.807) is 12.3 Å². The van der Waals surface area contributed by atoms with Crippen LogP contribution in [0.3, 0.4) is 0 Å². The van der Waals surface area contributed by atoms with E-state index >= 15 is 0 Å². The van der Waals surface area contributed by atoms with Gasteiger partial charge in [-0.2, -0.15) is 0 Å². The van der Waals surface area contributed by atoms with Crippen LogP contribution in [-0.4, -0.2) is 12.5 Å². The number of amides is 1. The lowest BCUT2D eigenvalue weighted by Crippen LogP contribution is -2.30. The van der Waals surface area contributed by atoms with Crippen molar-refractivity contribution in [3.05, 3.63) is 52.9 Å². The van der Waals surface area contributed by atoms with Crippen molar-refractivity contribution < 1.29 is 9.21 Å². The van der Waals surface area contributed by atoms with E-state index in [0.717, 1.165) is 11.3 Å². The van der Waals surface area contributed by atoms with E-state index < -0.39 is 0 Å². The molecule has 0 saturated heterocycles. The first-order valence-corrected chi connectivity index (χ1v) is 6.77. The molecule has 2 rings (SSSR count). The van der Waals surface area contributed by atoms with Crippen molar-refractivity contribution in [2.75, 3.05) is 11.9 Å². The zero-order valence-corrected chi connectivity index (χ0v) is 12.2. The summed E-state index contributed by atoms with van der Waals surface area (Å²) in [5.41, 5.74) is 1.67. The molecule has 0 radical (unpaired) electrons. The number of hydrogen-bond acceptors (Lipinski definition) is 3. The van der Waals surface area contributed by atoms with Gasteiger partial charge in [0.05, 0.1) is 29.6 Å². The fraction of sp³-hybridized carbons (Fsp3) is 0.267. The molecule has 1 amide bonds. The van der Waals surface area contributed by atoms with Gasteiger partial charge in [-0.25, -0.2) is 0 Å². The maximum atomic E-state index is 11.9. The number of nitrogens with one attached hydrogen (secondary N) is 2. The summed E-state index contributed by atoms with van der Waals surface area (Å²) in [5, 5.41) is 6.40. The predicted octanol–water partition coefficient (Wildman–Crippen LogP) is 3.53. The molecule has 106 valence electrons. The van der Waals surface area contributed by atoms with Crippen LogP contribution in [-0.2, 0) is 4.79 Å². The molecule has 0 aliphatic heterocycles. The van der Waals surface area contributed by atoms with Crippen LogP contribution in [0.4, 0.5) is 5.69 Å². The van der Waals surface area contributed by atoms with Crippen LogP contribution in [0.5, 0.6) is 0 Å². The Labute approximate surface area is 123 Å². The smallest absolute Gasteiger partial charge is 0.238 e. The van der Waals surface area contributed by atoms with E-state index in [1.165, 1.54) is 0 Å². The zero-order valence-electron chi connectivity index (χ0n) is 11.4. The predicted molar refractivity (Wildman–Crippen MR) is 79.9 cm³/mol. The topological polar surface area (TPSA) is 54.3 Å². The average Bonchev–Trinajstić information content (AvgIpc) is 2.93. The number of furan rings is 1. The second-order valence-corrected chi connectivity index (χ2v) is 5.06. The Balaban J connectivity index is 1.86. The highest BCUT2D eigenvalue weighted by atomic mass is 35.5. The normalized spacial score (nSPS) is 12.2. The van der Waals surface area contributed by atoms with Crippen LogP contribution in [0.25, 0.3) is 0 Å². The number of aryl methyl sites for hydroxylation is 1. The fourth-order valence-electron chi connectivity index (χ4n) is 1.80. The van der Waals surface area contributed by atoms with Crippen molar-refractivity contribution in [1.82, 2.24) is 5.32 Å². The van der Waals surface area contributed by atoms with Crippen molar-refractivity contribution in [3.8, 4) is 0 Å². The van der Waals surface area contributed by atoms with E-state index in [4.69, 9.17) is 16.0 Å². The van der Waals surface area contributed by atoms with Crippen molar-refractivity contribution in [2.24, 2.45) is 0 Å². The van der Waals surface area contributed by atoms with Crippen LogP contribution < -0.4 is 10.6 Å². The van der Waals surface area contributed by atoms with E-state index in [0.29, 0.717) is 10.7 Å². The van der Waals surface area contributed by atoms with Gasteiger partial charge in [0.1, 0.15) is 5.76 Å². The molecular formula is C15H17ClN2O2. The lowest BCUT2D eigenvalue weighted by molar-refractivity contribution is -0.115. The number of carbonyl (C=O) groups excluding carboxylic acids is 1. The molecule has 2 N–H and O–H groups in total. The SMILES string of the molecule is Cc1ccc(NC(=O)CN[C@H](C)c2ccco2)c(Cl)c1. The Hall–Kier alpha value is -1.78.